The van der Waals surface area contributed by atoms with Crippen LogP contribution >= 0.6 is 0 Å². The molecular weight excluding hydrogens is 428 g/mol. The molecule has 32 heavy (non-hydrogen) atoms. The number of rotatable bonds is 4. The number of nitrogens with one attached hydrogen (secondary N) is 1. The van der Waals surface area contributed by atoms with Crippen LogP contribution in [0.25, 0.3) is 0 Å². The molecule has 1 aromatic rings. The van der Waals surface area contributed by atoms with Crippen LogP contribution in [0.2, 0.25) is 0 Å². The maximum atomic E-state index is 11.9. The maximum Gasteiger partial charge on any atom is 0.265 e. The molecule has 7 nitrogen and oxygen atoms in total. The minimum atomic E-state index is -4.08. The van der Waals surface area contributed by atoms with Gasteiger partial charge in [-0.2, -0.15) is 8.42 Å². The number of nitrogens with zero attached hydrogens (tertiary/aromatic N) is 1. The summed E-state index contributed by atoms with van der Waals surface area (Å²) in [6.45, 7) is 8.47. The lowest BCUT2D eigenvalue weighted by atomic mass is 9.70. The average Bonchev–Trinajstić information content (AvgIpc) is 3.33. The van der Waals surface area contributed by atoms with E-state index in [0.29, 0.717) is 18.9 Å². The molecule has 1 aromatic carbocycles. The summed E-state index contributed by atoms with van der Waals surface area (Å²) in [6, 6.07) is 7.16. The van der Waals surface area contributed by atoms with Crippen LogP contribution in [0.4, 0.5) is 0 Å². The summed E-state index contributed by atoms with van der Waals surface area (Å²) >= 11 is 0. The molecule has 1 saturated heterocycles. The molecule has 0 radical (unpaired) electrons. The first-order valence-electron chi connectivity index (χ1n) is 11.7. The van der Waals surface area contributed by atoms with Gasteiger partial charge in [-0.15, -0.1) is 0 Å². The Hall–Kier alpha value is -1.48. The first-order chi connectivity index (χ1) is 15.1. The molecule has 5 rings (SSSR count). The second-order valence-electron chi connectivity index (χ2n) is 10.3. The van der Waals surface area contributed by atoms with Crippen molar-refractivity contribution >= 4 is 15.9 Å². The Labute approximate surface area is 191 Å². The highest BCUT2D eigenvalue weighted by molar-refractivity contribution is 7.85. The molecule has 178 valence electrons. The quantitative estimate of drug-likeness (QED) is 0.662. The summed E-state index contributed by atoms with van der Waals surface area (Å²) in [7, 11) is -2.33. The van der Waals surface area contributed by atoms with Gasteiger partial charge in [-0.3, -0.25) is 14.2 Å². The van der Waals surface area contributed by atoms with Crippen LogP contribution in [0.5, 0.6) is 5.75 Å². The summed E-state index contributed by atoms with van der Waals surface area (Å²) < 4.78 is 36.3. The molecule has 0 spiro atoms. The lowest BCUT2D eigenvalue weighted by Gasteiger charge is -2.35. The van der Waals surface area contributed by atoms with Gasteiger partial charge in [-0.25, -0.2) is 0 Å². The highest BCUT2D eigenvalue weighted by Gasteiger charge is 2.65. The van der Waals surface area contributed by atoms with Crippen molar-refractivity contribution in [3.05, 3.63) is 29.3 Å². The van der Waals surface area contributed by atoms with Gasteiger partial charge >= 0.3 is 0 Å². The van der Waals surface area contributed by atoms with Gasteiger partial charge in [0.2, 0.25) is 0 Å². The number of carbonyl (C=O) groups is 1. The highest BCUT2D eigenvalue weighted by atomic mass is 32.2. The third kappa shape index (κ3) is 4.22. The lowest BCUT2D eigenvalue weighted by Crippen LogP contribution is -2.44. The van der Waals surface area contributed by atoms with E-state index >= 15 is 0 Å². The predicted molar refractivity (Wildman–Crippen MR) is 123 cm³/mol. The van der Waals surface area contributed by atoms with Crippen LogP contribution in [0.15, 0.2) is 18.2 Å². The molecule has 0 aromatic heterocycles. The fourth-order valence-corrected chi connectivity index (χ4v) is 7.78. The smallest absolute Gasteiger partial charge is 0.265 e. The van der Waals surface area contributed by atoms with Crippen molar-refractivity contribution in [2.45, 2.75) is 52.0 Å². The number of ketones is 1. The lowest BCUT2D eigenvalue weighted by molar-refractivity contribution is -0.128. The molecule has 3 aliphatic carbocycles. The Bertz CT molecular complexity index is 971. The second-order valence-corrected chi connectivity index (χ2v) is 11.8. The summed E-state index contributed by atoms with van der Waals surface area (Å²) in [5, 5.41) is 3.42. The SMILES string of the molecule is CC1(C)C2CC[C@@]1(CS(=O)(=O)O)C(=O)C2.COc1ccc2c(c1)C(N1CCNCC1)CC2. The standard InChI is InChI=1S/C14H20N2O.C10H16O4S/c1-17-12-4-2-11-3-5-14(13(11)10-12)16-8-6-15-7-9-16;1-9(2)7-3-4-10(9,8(11)5-7)6-15(12,13)14/h2,4,10,14-15H,3,5-9H2,1H3;7H,3-6H2,1-2H3,(H,12,13,14)/t;7?,10-/m.1/s1. The number of Topliss-reactive ketones (excluding diaryl/α,β-unsaturated/α-hetero) is 1. The fraction of sp³-hybridized carbons (Fsp3) is 0.708. The zero-order valence-electron chi connectivity index (χ0n) is 19.4. The molecule has 4 aliphatic rings. The highest BCUT2D eigenvalue weighted by Crippen LogP contribution is 2.64. The number of fused-ring (bicyclic) bond motifs is 3. The molecule has 3 atom stereocenters. The zero-order chi connectivity index (χ0) is 23.1. The zero-order valence-corrected chi connectivity index (χ0v) is 20.2. The number of hydrogen-bond acceptors (Lipinski definition) is 6. The van der Waals surface area contributed by atoms with Crippen LogP contribution in [0, 0.1) is 16.7 Å². The fourth-order valence-electron chi connectivity index (χ4n) is 6.48. The van der Waals surface area contributed by atoms with E-state index in [4.69, 9.17) is 9.29 Å². The third-order valence-corrected chi connectivity index (χ3v) is 9.42. The Balaban J connectivity index is 0.000000155. The molecule has 1 heterocycles. The molecule has 3 fully saturated rings. The van der Waals surface area contributed by atoms with Gasteiger partial charge < -0.3 is 10.1 Å². The van der Waals surface area contributed by atoms with E-state index in [1.807, 2.05) is 13.8 Å². The van der Waals surface area contributed by atoms with Crippen LogP contribution in [0.1, 0.15) is 56.7 Å². The predicted octanol–water partition coefficient (Wildman–Crippen LogP) is 2.86. The number of methoxy groups -OCH3 is 1. The molecule has 0 amide bonds. The monoisotopic (exact) mass is 464 g/mol. The van der Waals surface area contributed by atoms with Crippen molar-refractivity contribution in [3.63, 3.8) is 0 Å². The van der Waals surface area contributed by atoms with E-state index in [1.165, 1.54) is 37.1 Å². The van der Waals surface area contributed by atoms with Crippen molar-refractivity contribution in [2.75, 3.05) is 39.0 Å². The Morgan fingerprint density at radius 1 is 1.22 bits per heavy atom. The van der Waals surface area contributed by atoms with Gasteiger partial charge in [0.05, 0.1) is 18.3 Å². The first kappa shape index (κ1) is 23.7. The number of ether oxygens (including phenoxy) is 1. The van der Waals surface area contributed by atoms with Gasteiger partial charge in [0, 0.05) is 38.6 Å². The van der Waals surface area contributed by atoms with E-state index in [0.717, 1.165) is 25.3 Å². The normalized spacial score (nSPS) is 31.2. The minimum Gasteiger partial charge on any atom is -0.497 e. The van der Waals surface area contributed by atoms with E-state index in [2.05, 4.69) is 28.4 Å². The molecule has 2 N–H and O–H groups in total. The van der Waals surface area contributed by atoms with Gasteiger partial charge in [-0.05, 0) is 60.3 Å². The average molecular weight is 465 g/mol. The topological polar surface area (TPSA) is 95.9 Å². The molecule has 2 saturated carbocycles. The number of benzene rings is 1. The maximum absolute atomic E-state index is 11.9. The number of aryl methyl sites for hydroxylation is 1. The molecule has 8 heteroatoms. The Kier molecular flexibility index (Phi) is 6.44. The largest absolute Gasteiger partial charge is 0.497 e. The summed E-state index contributed by atoms with van der Waals surface area (Å²) in [5.41, 5.74) is 1.88. The summed E-state index contributed by atoms with van der Waals surface area (Å²) in [6.07, 6.45) is 4.45. The van der Waals surface area contributed by atoms with E-state index in [1.54, 1.807) is 7.11 Å². The summed E-state index contributed by atoms with van der Waals surface area (Å²) in [5.74, 6) is 0.890. The van der Waals surface area contributed by atoms with Crippen molar-refractivity contribution in [2.24, 2.45) is 16.7 Å². The van der Waals surface area contributed by atoms with E-state index < -0.39 is 21.3 Å². The number of hydrogen-bond donors (Lipinski definition) is 2. The van der Waals surface area contributed by atoms with E-state index in [-0.39, 0.29) is 17.1 Å². The van der Waals surface area contributed by atoms with Crippen molar-refractivity contribution in [1.82, 2.24) is 10.2 Å². The van der Waals surface area contributed by atoms with Gasteiger partial charge in [0.25, 0.3) is 10.1 Å². The number of carbonyl (C=O) groups excluding carboxylic acids is 1. The first-order valence-corrected chi connectivity index (χ1v) is 13.3. The van der Waals surface area contributed by atoms with Crippen LogP contribution in [-0.4, -0.2) is 62.7 Å². The van der Waals surface area contributed by atoms with E-state index in [9.17, 15) is 13.2 Å². The van der Waals surface area contributed by atoms with Crippen LogP contribution in [-0.2, 0) is 21.3 Å². The third-order valence-electron chi connectivity index (χ3n) is 8.56. The Morgan fingerprint density at radius 3 is 2.50 bits per heavy atom. The molecule has 2 unspecified atom stereocenters. The van der Waals surface area contributed by atoms with Crippen molar-refractivity contribution in [3.8, 4) is 5.75 Å². The van der Waals surface area contributed by atoms with Gasteiger partial charge in [-0.1, -0.05) is 19.9 Å². The Morgan fingerprint density at radius 2 is 1.94 bits per heavy atom. The van der Waals surface area contributed by atoms with Crippen molar-refractivity contribution < 1.29 is 22.5 Å². The molecule has 1 aliphatic heterocycles. The van der Waals surface area contributed by atoms with Gasteiger partial charge in [0.1, 0.15) is 11.5 Å². The van der Waals surface area contributed by atoms with Gasteiger partial charge in [0.15, 0.2) is 0 Å². The summed E-state index contributed by atoms with van der Waals surface area (Å²) in [4.78, 5) is 14.5. The second kappa shape index (κ2) is 8.70. The van der Waals surface area contributed by atoms with Crippen LogP contribution < -0.4 is 10.1 Å². The minimum absolute atomic E-state index is 0.0152. The van der Waals surface area contributed by atoms with Crippen LogP contribution in [0.3, 0.4) is 0 Å². The molecule has 2 bridgehead atoms. The number of piperazine rings is 1. The van der Waals surface area contributed by atoms with Crippen molar-refractivity contribution in [1.29, 1.82) is 0 Å². The molecular formula is C24H36N2O5S.